The van der Waals surface area contributed by atoms with E-state index in [0.29, 0.717) is 0 Å². The molecule has 0 saturated heterocycles. The molecule has 0 heterocycles. The van der Waals surface area contributed by atoms with E-state index >= 15 is 0 Å². The van der Waals surface area contributed by atoms with E-state index in [4.69, 9.17) is 0 Å². The Morgan fingerprint density at radius 3 is 1.18 bits per heavy atom. The van der Waals surface area contributed by atoms with Crippen molar-refractivity contribution in [3.63, 3.8) is 0 Å². The van der Waals surface area contributed by atoms with Gasteiger partial charge in [0.05, 0.1) is 0 Å². The summed E-state index contributed by atoms with van der Waals surface area (Å²) in [6.07, 6.45) is -6.03. The van der Waals surface area contributed by atoms with Crippen LogP contribution in [-0.4, -0.2) is 11.4 Å². The van der Waals surface area contributed by atoms with Crippen molar-refractivity contribution in [3.8, 4) is 0 Å². The van der Waals surface area contributed by atoms with Crippen LogP contribution in [0, 0.1) is 0 Å². The van der Waals surface area contributed by atoms with Gasteiger partial charge >= 0.3 is 62.8 Å². The summed E-state index contributed by atoms with van der Waals surface area (Å²) >= 11 is 0. The molecule has 0 atom stereocenters. The van der Waals surface area contributed by atoms with E-state index in [-0.39, 0.29) is 51.4 Å². The van der Waals surface area contributed by atoms with E-state index in [2.05, 4.69) is 0 Å². The van der Waals surface area contributed by atoms with E-state index in [9.17, 15) is 30.4 Å². The normalized spacial score (nSPS) is 12.9. The first-order chi connectivity index (χ1) is 4.19. The molecule has 0 unspecified atom stereocenters. The van der Waals surface area contributed by atoms with Gasteiger partial charge in [-0.2, -0.15) is 13.2 Å². The van der Waals surface area contributed by atoms with Crippen molar-refractivity contribution in [1.82, 2.24) is 0 Å². The fraction of sp³-hybridized carbons (Fsp3) is 1.00. The van der Waals surface area contributed by atoms with Gasteiger partial charge < -0.3 is 8.42 Å². The van der Waals surface area contributed by atoms with Crippen LogP contribution >= 0.6 is 0 Å². The molecule has 9 heteroatoms. The van der Waals surface area contributed by atoms with Gasteiger partial charge in [0.25, 0.3) is 0 Å². The standard InChI is InChI=1S/C2F5O2S.K/c3-1(4,5)2(6,7)10(8)9;/q-1;+1. The molecule has 0 fully saturated rings. The Morgan fingerprint density at radius 2 is 1.18 bits per heavy atom. The number of hydrogen-bond donors (Lipinski definition) is 0. The van der Waals surface area contributed by atoms with Crippen LogP contribution in [0.15, 0.2) is 0 Å². The summed E-state index contributed by atoms with van der Waals surface area (Å²) < 4.78 is 73.8. The van der Waals surface area contributed by atoms with Gasteiger partial charge in [-0.1, -0.05) is 0 Å². The van der Waals surface area contributed by atoms with E-state index in [0.717, 1.165) is 0 Å². The average Bonchev–Trinajstić information content (AvgIpc) is 1.62. The molecule has 0 aromatic carbocycles. The second-order valence-corrected chi connectivity index (χ2v) is 2.23. The maximum absolute atomic E-state index is 11.3. The molecule has 0 aromatic heterocycles. The van der Waals surface area contributed by atoms with Crippen molar-refractivity contribution < 1.29 is 81.8 Å². The van der Waals surface area contributed by atoms with Crippen LogP contribution < -0.4 is 51.4 Å². The first kappa shape index (κ1) is 14.7. The predicted molar refractivity (Wildman–Crippen MR) is 19.7 cm³/mol. The fourth-order valence-electron chi connectivity index (χ4n) is 0.0945. The SMILES string of the molecule is O=[S-](=O)C(F)(F)C(F)(F)F.[K+]. The minimum absolute atomic E-state index is 0. The smallest absolute Gasteiger partial charge is 0.418 e. The number of rotatable bonds is 1. The molecule has 0 saturated carbocycles. The van der Waals surface area contributed by atoms with Crippen LogP contribution in [0.2, 0.25) is 0 Å². The number of alkyl halides is 5. The summed E-state index contributed by atoms with van der Waals surface area (Å²) in [6.45, 7) is 0. The molecule has 0 radical (unpaired) electrons. The summed E-state index contributed by atoms with van der Waals surface area (Å²) in [7, 11) is -4.45. The Hall–Kier alpha value is 1.24. The van der Waals surface area contributed by atoms with Crippen LogP contribution in [0.1, 0.15) is 0 Å². The number of hydrogen-bond acceptors (Lipinski definition) is 3. The van der Waals surface area contributed by atoms with Gasteiger partial charge in [0.1, 0.15) is 0 Å². The van der Waals surface area contributed by atoms with Gasteiger partial charge in [0, 0.05) is 10.7 Å². The van der Waals surface area contributed by atoms with Crippen molar-refractivity contribution in [2.75, 3.05) is 0 Å². The molecule has 0 rings (SSSR count). The average molecular weight is 222 g/mol. The minimum atomic E-state index is -6.03. The van der Waals surface area contributed by atoms with Crippen LogP contribution in [0.5, 0.6) is 0 Å². The minimum Gasteiger partial charge on any atom is -0.418 e. The fourth-order valence-corrected chi connectivity index (χ4v) is 0.283. The predicted octanol–water partition coefficient (Wildman–Crippen LogP) is -1.55. The van der Waals surface area contributed by atoms with Crippen molar-refractivity contribution in [2.24, 2.45) is 0 Å². The molecule has 0 aliphatic heterocycles. The molecule has 2 nitrogen and oxygen atoms in total. The van der Waals surface area contributed by atoms with Crippen LogP contribution in [0.3, 0.4) is 0 Å². The molecule has 62 valence electrons. The molecule has 0 aliphatic rings. The first-order valence-electron chi connectivity index (χ1n) is 1.73. The Bertz CT molecular complexity index is 187. The van der Waals surface area contributed by atoms with Gasteiger partial charge in [-0.3, -0.25) is 0 Å². The first-order valence-corrected chi connectivity index (χ1v) is 2.81. The molecule has 11 heavy (non-hydrogen) atoms. The van der Waals surface area contributed by atoms with Crippen molar-refractivity contribution in [1.29, 1.82) is 0 Å². The zero-order valence-corrected chi connectivity index (χ0v) is 9.05. The summed E-state index contributed by atoms with van der Waals surface area (Å²) in [5.74, 6) is 0. The molecule has 0 amide bonds. The third-order valence-electron chi connectivity index (χ3n) is 0.539. The second kappa shape index (κ2) is 4.47. The zero-order valence-electron chi connectivity index (χ0n) is 5.11. The molecular weight excluding hydrogens is 222 g/mol. The van der Waals surface area contributed by atoms with Gasteiger partial charge in [0.2, 0.25) is 0 Å². The molecule has 0 bridgehead atoms. The third kappa shape index (κ3) is 3.64. The largest absolute Gasteiger partial charge is 1.00 e. The summed E-state index contributed by atoms with van der Waals surface area (Å²) in [5.41, 5.74) is 0. The second-order valence-electron chi connectivity index (χ2n) is 1.25. The van der Waals surface area contributed by atoms with E-state index < -0.39 is 22.1 Å². The number of halogens is 5. The van der Waals surface area contributed by atoms with E-state index in [1.807, 2.05) is 0 Å². The topological polar surface area (TPSA) is 34.1 Å². The van der Waals surface area contributed by atoms with Crippen LogP contribution in [-0.2, 0) is 19.1 Å². The molecular formula is C2F5KO2S. The van der Waals surface area contributed by atoms with Crippen molar-refractivity contribution in [2.45, 2.75) is 11.4 Å². The summed E-state index contributed by atoms with van der Waals surface area (Å²) in [6, 6.07) is 0. The third-order valence-corrected chi connectivity index (χ3v) is 1.19. The van der Waals surface area contributed by atoms with Crippen molar-refractivity contribution >= 4 is 10.7 Å². The quantitative estimate of drug-likeness (QED) is 0.306. The molecule has 0 N–H and O–H groups in total. The molecule has 0 aromatic rings. The van der Waals surface area contributed by atoms with Gasteiger partial charge in [0.15, 0.2) is 0 Å². The maximum atomic E-state index is 11.3. The Balaban J connectivity index is 0. The zero-order chi connectivity index (χ0) is 8.58. The Morgan fingerprint density at radius 1 is 0.909 bits per heavy atom. The van der Waals surface area contributed by atoms with Gasteiger partial charge in [-0.05, 0) is 0 Å². The van der Waals surface area contributed by atoms with Gasteiger partial charge in [-0.15, -0.1) is 0 Å². The monoisotopic (exact) mass is 222 g/mol. The Labute approximate surface area is 103 Å². The summed E-state index contributed by atoms with van der Waals surface area (Å²) in [4.78, 5) is 0. The van der Waals surface area contributed by atoms with E-state index in [1.165, 1.54) is 0 Å². The maximum Gasteiger partial charge on any atom is 1.00 e. The molecule has 0 aliphatic carbocycles. The van der Waals surface area contributed by atoms with Crippen molar-refractivity contribution in [3.05, 3.63) is 0 Å². The van der Waals surface area contributed by atoms with Crippen LogP contribution in [0.4, 0.5) is 22.0 Å². The van der Waals surface area contributed by atoms with Crippen LogP contribution in [0.25, 0.3) is 0 Å². The van der Waals surface area contributed by atoms with E-state index in [1.54, 1.807) is 0 Å². The summed E-state index contributed by atoms with van der Waals surface area (Å²) in [5, 5.41) is -5.65. The Kier molecular flexibility index (Phi) is 5.99. The van der Waals surface area contributed by atoms with Gasteiger partial charge in [-0.25, -0.2) is 8.78 Å². The molecule has 0 spiro atoms.